The second-order valence-electron chi connectivity index (χ2n) is 6.33. The van der Waals surface area contributed by atoms with Crippen LogP contribution in [0.15, 0.2) is 65.1 Å². The van der Waals surface area contributed by atoms with E-state index in [-0.39, 0.29) is 16.7 Å². The van der Waals surface area contributed by atoms with Crippen LogP contribution in [-0.2, 0) is 6.54 Å². The Labute approximate surface area is 170 Å². The predicted octanol–water partition coefficient (Wildman–Crippen LogP) is 5.43. The molecule has 0 saturated heterocycles. The Morgan fingerprint density at radius 3 is 2.07 bits per heavy atom. The molecule has 3 N–H and O–H groups in total. The zero-order valence-corrected chi connectivity index (χ0v) is 16.7. The van der Waals surface area contributed by atoms with Crippen LogP contribution >= 0.6 is 15.9 Å². The highest BCUT2D eigenvalue weighted by atomic mass is 79.9. The molecule has 0 spiro atoms. The Morgan fingerprint density at radius 1 is 0.929 bits per heavy atom. The molecule has 0 bridgehead atoms. The van der Waals surface area contributed by atoms with Crippen LogP contribution in [0.2, 0.25) is 0 Å². The Bertz CT molecular complexity index is 1010. The quantitative estimate of drug-likeness (QED) is 0.476. The van der Waals surface area contributed by atoms with E-state index in [2.05, 4.69) is 21.2 Å². The molecule has 3 aromatic rings. The van der Waals surface area contributed by atoms with Crippen LogP contribution in [0.5, 0.6) is 0 Å². The molecule has 0 aliphatic heterocycles. The molecule has 5 nitrogen and oxygen atoms in total. The Hall–Kier alpha value is -3.12. The van der Waals surface area contributed by atoms with Gasteiger partial charge in [-0.15, -0.1) is 0 Å². The molecule has 0 unspecified atom stereocenters. The Morgan fingerprint density at radius 2 is 1.50 bits per heavy atom. The first-order valence-corrected chi connectivity index (χ1v) is 9.35. The van der Waals surface area contributed by atoms with Crippen molar-refractivity contribution in [1.29, 1.82) is 0 Å². The van der Waals surface area contributed by atoms with Crippen LogP contribution in [-0.4, -0.2) is 22.2 Å². The standard InChI is InChI=1S/C22H18BrNO4/c1-13-18(21(25)26)10-15(11-19(13)22(27)28)17-4-2-3-5-20(17)24-12-14-6-8-16(23)9-7-14/h2-11,24H,12H2,1H3,(H,25,26)(H,27,28). The third-order valence-electron chi connectivity index (χ3n) is 4.50. The SMILES string of the molecule is Cc1c(C(=O)O)cc(-c2ccccc2NCc2ccc(Br)cc2)cc1C(=O)O. The van der Waals surface area contributed by atoms with Gasteiger partial charge in [0.15, 0.2) is 0 Å². The lowest BCUT2D eigenvalue weighted by atomic mass is 9.94. The summed E-state index contributed by atoms with van der Waals surface area (Å²) in [6.07, 6.45) is 0. The molecule has 0 fully saturated rings. The van der Waals surface area contributed by atoms with Gasteiger partial charge in [0.05, 0.1) is 11.1 Å². The number of carbonyl (C=O) groups is 2. The summed E-state index contributed by atoms with van der Waals surface area (Å²) < 4.78 is 0.999. The van der Waals surface area contributed by atoms with E-state index in [9.17, 15) is 19.8 Å². The fourth-order valence-electron chi connectivity index (χ4n) is 3.00. The molecule has 0 saturated carbocycles. The lowest BCUT2D eigenvalue weighted by Crippen LogP contribution is -2.08. The molecule has 0 aliphatic rings. The average Bonchev–Trinajstić information content (AvgIpc) is 2.67. The van der Waals surface area contributed by atoms with E-state index < -0.39 is 11.9 Å². The van der Waals surface area contributed by atoms with Crippen molar-refractivity contribution in [3.63, 3.8) is 0 Å². The van der Waals surface area contributed by atoms with E-state index in [0.29, 0.717) is 12.1 Å². The second-order valence-corrected chi connectivity index (χ2v) is 7.25. The largest absolute Gasteiger partial charge is 0.478 e. The van der Waals surface area contributed by atoms with E-state index in [4.69, 9.17) is 0 Å². The normalized spacial score (nSPS) is 10.5. The van der Waals surface area contributed by atoms with Gasteiger partial charge in [-0.2, -0.15) is 0 Å². The number of para-hydroxylation sites is 1. The molecule has 0 aromatic heterocycles. The zero-order valence-electron chi connectivity index (χ0n) is 15.1. The monoisotopic (exact) mass is 439 g/mol. The Balaban J connectivity index is 2.01. The van der Waals surface area contributed by atoms with Gasteiger partial charge in [0.1, 0.15) is 0 Å². The summed E-state index contributed by atoms with van der Waals surface area (Å²) in [5.41, 5.74) is 3.37. The van der Waals surface area contributed by atoms with Crippen molar-refractivity contribution >= 4 is 33.6 Å². The fraction of sp³-hybridized carbons (Fsp3) is 0.0909. The van der Waals surface area contributed by atoms with E-state index in [0.717, 1.165) is 21.3 Å². The molecular weight excluding hydrogens is 422 g/mol. The first kappa shape index (κ1) is 19.6. The van der Waals surface area contributed by atoms with Crippen LogP contribution in [0.3, 0.4) is 0 Å². The molecule has 142 valence electrons. The molecule has 0 radical (unpaired) electrons. The number of rotatable bonds is 6. The highest BCUT2D eigenvalue weighted by molar-refractivity contribution is 9.10. The van der Waals surface area contributed by atoms with E-state index in [1.807, 2.05) is 48.5 Å². The van der Waals surface area contributed by atoms with Crippen LogP contribution < -0.4 is 5.32 Å². The minimum Gasteiger partial charge on any atom is -0.478 e. The number of nitrogens with one attached hydrogen (secondary N) is 1. The second kappa shape index (κ2) is 8.27. The smallest absolute Gasteiger partial charge is 0.335 e. The van der Waals surface area contributed by atoms with E-state index in [1.54, 1.807) is 0 Å². The van der Waals surface area contributed by atoms with Crippen LogP contribution in [0.4, 0.5) is 5.69 Å². The number of hydrogen-bond donors (Lipinski definition) is 3. The third kappa shape index (κ3) is 4.23. The van der Waals surface area contributed by atoms with Crippen LogP contribution in [0.1, 0.15) is 31.8 Å². The predicted molar refractivity (Wildman–Crippen MR) is 112 cm³/mol. The molecular formula is C22H18BrNO4. The van der Waals surface area contributed by atoms with Gasteiger partial charge in [0.25, 0.3) is 0 Å². The van der Waals surface area contributed by atoms with Crippen molar-refractivity contribution in [2.24, 2.45) is 0 Å². The fourth-order valence-corrected chi connectivity index (χ4v) is 3.27. The van der Waals surface area contributed by atoms with Gasteiger partial charge in [-0.25, -0.2) is 9.59 Å². The Kier molecular flexibility index (Phi) is 5.80. The molecule has 3 rings (SSSR count). The number of hydrogen-bond acceptors (Lipinski definition) is 3. The van der Waals surface area contributed by atoms with Crippen LogP contribution in [0, 0.1) is 6.92 Å². The molecule has 0 amide bonds. The van der Waals surface area contributed by atoms with Gasteiger partial charge in [0.2, 0.25) is 0 Å². The summed E-state index contributed by atoms with van der Waals surface area (Å²) in [6.45, 7) is 2.09. The highest BCUT2D eigenvalue weighted by Crippen LogP contribution is 2.31. The summed E-state index contributed by atoms with van der Waals surface area (Å²) in [4.78, 5) is 23.2. The van der Waals surface area contributed by atoms with Crippen molar-refractivity contribution in [3.8, 4) is 11.1 Å². The lowest BCUT2D eigenvalue weighted by Gasteiger charge is -2.15. The maximum absolute atomic E-state index is 11.6. The summed E-state index contributed by atoms with van der Waals surface area (Å²) in [5.74, 6) is -2.30. The molecule has 6 heteroatoms. The number of benzene rings is 3. The van der Waals surface area contributed by atoms with Gasteiger partial charge in [-0.3, -0.25) is 0 Å². The topological polar surface area (TPSA) is 86.6 Å². The minimum atomic E-state index is -1.15. The summed E-state index contributed by atoms with van der Waals surface area (Å²) in [7, 11) is 0. The van der Waals surface area contributed by atoms with Crippen molar-refractivity contribution in [3.05, 3.63) is 87.4 Å². The third-order valence-corrected chi connectivity index (χ3v) is 5.03. The van der Waals surface area contributed by atoms with Gasteiger partial charge < -0.3 is 15.5 Å². The van der Waals surface area contributed by atoms with Crippen molar-refractivity contribution in [2.45, 2.75) is 13.5 Å². The summed E-state index contributed by atoms with van der Waals surface area (Å²) >= 11 is 3.41. The van der Waals surface area contributed by atoms with Crippen molar-refractivity contribution in [2.75, 3.05) is 5.32 Å². The van der Waals surface area contributed by atoms with Gasteiger partial charge in [0, 0.05) is 22.3 Å². The number of aromatic carboxylic acids is 2. The maximum atomic E-state index is 11.6. The van der Waals surface area contributed by atoms with Gasteiger partial charge >= 0.3 is 11.9 Å². The molecule has 28 heavy (non-hydrogen) atoms. The number of carboxylic acid groups (broad SMARTS) is 2. The minimum absolute atomic E-state index is 0.0161. The molecule has 0 heterocycles. The first-order chi connectivity index (χ1) is 13.4. The first-order valence-electron chi connectivity index (χ1n) is 8.55. The number of carboxylic acids is 2. The average molecular weight is 440 g/mol. The molecule has 0 atom stereocenters. The lowest BCUT2D eigenvalue weighted by molar-refractivity contribution is 0.0696. The summed E-state index contributed by atoms with van der Waals surface area (Å²) in [6, 6.07) is 18.4. The van der Waals surface area contributed by atoms with E-state index in [1.165, 1.54) is 19.1 Å². The zero-order chi connectivity index (χ0) is 20.3. The number of anilines is 1. The molecule has 3 aromatic carbocycles. The van der Waals surface area contributed by atoms with Crippen LogP contribution in [0.25, 0.3) is 11.1 Å². The van der Waals surface area contributed by atoms with Crippen molar-refractivity contribution in [1.82, 2.24) is 0 Å². The van der Waals surface area contributed by atoms with Gasteiger partial charge in [-0.1, -0.05) is 46.3 Å². The highest BCUT2D eigenvalue weighted by Gasteiger charge is 2.18. The summed E-state index contributed by atoms with van der Waals surface area (Å²) in [5, 5.41) is 22.3. The number of halogens is 1. The van der Waals surface area contributed by atoms with Crippen molar-refractivity contribution < 1.29 is 19.8 Å². The maximum Gasteiger partial charge on any atom is 0.335 e. The van der Waals surface area contributed by atoms with E-state index >= 15 is 0 Å². The van der Waals surface area contributed by atoms with Gasteiger partial charge in [-0.05, 0) is 53.9 Å². The molecule has 0 aliphatic carbocycles.